The molecule has 1 fully saturated rings. The highest BCUT2D eigenvalue weighted by Crippen LogP contribution is 2.16. The topological polar surface area (TPSA) is 66.0 Å². The Morgan fingerprint density at radius 3 is 2.72 bits per heavy atom. The van der Waals surface area contributed by atoms with E-state index in [4.69, 9.17) is 4.74 Å². The molecule has 0 aromatic rings. The molecule has 0 aromatic carbocycles. The van der Waals surface area contributed by atoms with Crippen LogP contribution in [0.15, 0.2) is 4.99 Å². The number of ether oxygens (including phenoxy) is 1. The summed E-state index contributed by atoms with van der Waals surface area (Å²) in [4.78, 5) is 18.9. The lowest BCUT2D eigenvalue weighted by atomic mass is 10.0. The van der Waals surface area contributed by atoms with Crippen LogP contribution in [0.4, 0.5) is 0 Å². The van der Waals surface area contributed by atoms with Gasteiger partial charge in [-0.25, -0.2) is 0 Å². The van der Waals surface area contributed by atoms with Crippen molar-refractivity contribution in [3.05, 3.63) is 0 Å². The Kier molecular flexibility index (Phi) is 12.1. The van der Waals surface area contributed by atoms with Crippen LogP contribution in [-0.2, 0) is 9.53 Å². The third-order valence-electron chi connectivity index (χ3n) is 4.46. The van der Waals surface area contributed by atoms with Gasteiger partial charge in [0.2, 0.25) is 5.91 Å². The summed E-state index contributed by atoms with van der Waals surface area (Å²) in [6.45, 7) is 11.0. The molecule has 2 N–H and O–H groups in total. The smallest absolute Gasteiger partial charge is 0.224 e. The Morgan fingerprint density at radius 2 is 2.00 bits per heavy atom. The third-order valence-corrected chi connectivity index (χ3v) is 4.46. The molecule has 1 heterocycles. The minimum atomic E-state index is 0.250. The van der Waals surface area contributed by atoms with Gasteiger partial charge in [0.25, 0.3) is 0 Å². The van der Waals surface area contributed by atoms with Gasteiger partial charge in [0.1, 0.15) is 0 Å². The van der Waals surface area contributed by atoms with Crippen molar-refractivity contribution in [3.63, 3.8) is 0 Å². The van der Waals surface area contributed by atoms with Gasteiger partial charge in [-0.1, -0.05) is 13.3 Å². The van der Waals surface area contributed by atoms with E-state index in [1.807, 2.05) is 11.8 Å². The lowest BCUT2D eigenvalue weighted by Crippen LogP contribution is -2.44. The van der Waals surface area contributed by atoms with Crippen molar-refractivity contribution >= 4 is 11.9 Å². The predicted octanol–water partition coefficient (Wildman–Crippen LogP) is 2.54. The number of guanidine groups is 1. The number of likely N-dealkylation sites (tertiary alicyclic amines) is 1. The van der Waals surface area contributed by atoms with Gasteiger partial charge < -0.3 is 20.3 Å². The summed E-state index contributed by atoms with van der Waals surface area (Å²) in [5, 5.41) is 6.50. The molecule has 1 atom stereocenters. The third kappa shape index (κ3) is 9.68. The highest BCUT2D eigenvalue weighted by molar-refractivity contribution is 5.81. The van der Waals surface area contributed by atoms with Crippen LogP contribution in [0.5, 0.6) is 0 Å². The Labute approximate surface area is 153 Å². The Hall–Kier alpha value is -1.30. The number of aliphatic imine (C=N–C) groups is 1. The van der Waals surface area contributed by atoms with Crippen molar-refractivity contribution in [3.8, 4) is 0 Å². The molecule has 1 saturated heterocycles. The van der Waals surface area contributed by atoms with E-state index in [9.17, 15) is 4.79 Å². The highest BCUT2D eigenvalue weighted by atomic mass is 16.5. The first-order chi connectivity index (χ1) is 12.2. The van der Waals surface area contributed by atoms with Crippen molar-refractivity contribution < 1.29 is 9.53 Å². The lowest BCUT2D eigenvalue weighted by Gasteiger charge is -2.33. The molecule has 0 radical (unpaired) electrons. The fourth-order valence-electron chi connectivity index (χ4n) is 2.95. The molecular weight excluding hydrogens is 316 g/mol. The van der Waals surface area contributed by atoms with Crippen LogP contribution in [0.3, 0.4) is 0 Å². The van der Waals surface area contributed by atoms with Gasteiger partial charge in [-0.15, -0.1) is 0 Å². The summed E-state index contributed by atoms with van der Waals surface area (Å²) in [6, 6.07) is 0.385. The fourth-order valence-corrected chi connectivity index (χ4v) is 2.95. The first-order valence-corrected chi connectivity index (χ1v) is 10.1. The largest absolute Gasteiger partial charge is 0.381 e. The molecule has 0 bridgehead atoms. The number of hydrogen-bond acceptors (Lipinski definition) is 3. The van der Waals surface area contributed by atoms with Gasteiger partial charge >= 0.3 is 0 Å². The Balaban J connectivity index is 2.22. The number of rotatable bonds is 11. The van der Waals surface area contributed by atoms with Gasteiger partial charge in [-0.3, -0.25) is 9.79 Å². The number of amides is 1. The van der Waals surface area contributed by atoms with E-state index in [-0.39, 0.29) is 5.91 Å². The van der Waals surface area contributed by atoms with Crippen LogP contribution >= 0.6 is 0 Å². The van der Waals surface area contributed by atoms with Crippen LogP contribution in [0, 0.1) is 0 Å². The molecule has 0 spiro atoms. The Morgan fingerprint density at radius 1 is 1.20 bits per heavy atom. The van der Waals surface area contributed by atoms with Crippen molar-refractivity contribution in [2.75, 3.05) is 39.4 Å². The van der Waals surface area contributed by atoms with Crippen molar-refractivity contribution in [2.24, 2.45) is 4.99 Å². The van der Waals surface area contributed by atoms with Crippen molar-refractivity contribution in [1.29, 1.82) is 0 Å². The van der Waals surface area contributed by atoms with Gasteiger partial charge in [0.05, 0.1) is 0 Å². The molecule has 1 aliphatic rings. The van der Waals surface area contributed by atoms with Crippen LogP contribution in [-0.4, -0.2) is 62.2 Å². The van der Waals surface area contributed by atoms with E-state index < -0.39 is 0 Å². The predicted molar refractivity (Wildman–Crippen MR) is 104 cm³/mol. The lowest BCUT2D eigenvalue weighted by molar-refractivity contribution is -0.134. The summed E-state index contributed by atoms with van der Waals surface area (Å²) in [5.74, 6) is 1.04. The molecular formula is C19H38N4O2. The molecule has 25 heavy (non-hydrogen) atoms. The number of nitrogens with one attached hydrogen (secondary N) is 2. The van der Waals surface area contributed by atoms with E-state index >= 15 is 0 Å². The number of carbonyl (C=O) groups excluding carboxylic acids is 1. The molecule has 0 saturated carbocycles. The first kappa shape index (κ1) is 21.7. The maximum atomic E-state index is 12.3. The van der Waals surface area contributed by atoms with Crippen LogP contribution in [0.2, 0.25) is 0 Å². The summed E-state index contributed by atoms with van der Waals surface area (Å²) < 4.78 is 5.55. The maximum absolute atomic E-state index is 12.3. The summed E-state index contributed by atoms with van der Waals surface area (Å²) >= 11 is 0. The summed E-state index contributed by atoms with van der Waals surface area (Å²) in [7, 11) is 0. The molecule has 146 valence electrons. The van der Waals surface area contributed by atoms with Crippen LogP contribution in [0.25, 0.3) is 0 Å². The van der Waals surface area contributed by atoms with E-state index in [0.29, 0.717) is 19.0 Å². The SMILES string of the molecule is CCCCOCCCN=C(NCC)NCCC(=O)N1CCCCC1C. The molecule has 6 heteroatoms. The van der Waals surface area contributed by atoms with Crippen LogP contribution in [0.1, 0.15) is 65.7 Å². The minimum absolute atomic E-state index is 0.250. The molecule has 0 aromatic heterocycles. The summed E-state index contributed by atoms with van der Waals surface area (Å²) in [5.41, 5.74) is 0. The molecule has 1 aliphatic heterocycles. The second-order valence-electron chi connectivity index (χ2n) is 6.69. The van der Waals surface area contributed by atoms with Crippen molar-refractivity contribution in [2.45, 2.75) is 71.8 Å². The van der Waals surface area contributed by atoms with Gasteiger partial charge in [-0.2, -0.15) is 0 Å². The van der Waals surface area contributed by atoms with E-state index in [1.165, 1.54) is 12.8 Å². The maximum Gasteiger partial charge on any atom is 0.224 e. The molecule has 1 rings (SSSR count). The molecule has 0 aliphatic carbocycles. The standard InChI is InChI=1S/C19H38N4O2/c1-4-6-15-25-16-9-12-21-19(20-5-2)22-13-11-18(24)23-14-8-7-10-17(23)3/h17H,4-16H2,1-3H3,(H2,20,21,22). The average Bonchev–Trinajstić information content (AvgIpc) is 2.61. The molecule has 6 nitrogen and oxygen atoms in total. The number of hydrogen-bond donors (Lipinski definition) is 2. The van der Waals surface area contributed by atoms with E-state index in [0.717, 1.165) is 64.5 Å². The second kappa shape index (κ2) is 13.9. The fraction of sp³-hybridized carbons (Fsp3) is 0.895. The quantitative estimate of drug-likeness (QED) is 0.340. The van der Waals surface area contributed by atoms with Gasteiger partial charge in [0, 0.05) is 51.9 Å². The van der Waals surface area contributed by atoms with Gasteiger partial charge in [0.15, 0.2) is 5.96 Å². The molecule has 1 amide bonds. The number of piperidine rings is 1. The average molecular weight is 355 g/mol. The highest BCUT2D eigenvalue weighted by Gasteiger charge is 2.22. The van der Waals surface area contributed by atoms with E-state index in [1.54, 1.807) is 0 Å². The molecule has 1 unspecified atom stereocenters. The number of unbranched alkanes of at least 4 members (excludes halogenated alkanes) is 1. The number of nitrogens with zero attached hydrogens (tertiary/aromatic N) is 2. The van der Waals surface area contributed by atoms with Gasteiger partial charge in [-0.05, 0) is 46.0 Å². The minimum Gasteiger partial charge on any atom is -0.381 e. The monoisotopic (exact) mass is 354 g/mol. The zero-order chi connectivity index (χ0) is 18.3. The Bertz CT molecular complexity index is 388. The zero-order valence-corrected chi connectivity index (χ0v) is 16.5. The second-order valence-corrected chi connectivity index (χ2v) is 6.69. The van der Waals surface area contributed by atoms with Crippen molar-refractivity contribution in [1.82, 2.24) is 15.5 Å². The van der Waals surface area contributed by atoms with Crippen LogP contribution < -0.4 is 10.6 Å². The number of carbonyl (C=O) groups is 1. The zero-order valence-electron chi connectivity index (χ0n) is 16.5. The first-order valence-electron chi connectivity index (χ1n) is 10.1. The van der Waals surface area contributed by atoms with E-state index in [2.05, 4.69) is 29.5 Å². The normalized spacial score (nSPS) is 18.3. The summed E-state index contributed by atoms with van der Waals surface area (Å²) in [6.07, 6.45) is 7.23.